The van der Waals surface area contributed by atoms with Crippen LogP contribution in [0.2, 0.25) is 0 Å². The Balaban J connectivity index is 2.10. The number of rotatable bonds is 3. The molecule has 2 atom stereocenters. The van der Waals surface area contributed by atoms with Gasteiger partial charge in [-0.2, -0.15) is 0 Å². The Morgan fingerprint density at radius 3 is 2.89 bits per heavy atom. The van der Waals surface area contributed by atoms with E-state index >= 15 is 0 Å². The first-order valence-corrected chi connectivity index (χ1v) is 6.00. The molecule has 1 aliphatic rings. The maximum atomic E-state index is 13.2. The summed E-state index contributed by atoms with van der Waals surface area (Å²) in [5, 5.41) is 2.86. The first-order valence-electron chi connectivity index (χ1n) is 6.00. The maximum absolute atomic E-state index is 13.2. The minimum Gasteiger partial charge on any atom is -0.496 e. The Bertz CT molecular complexity index is 451. The Morgan fingerprint density at radius 2 is 2.28 bits per heavy atom. The van der Waals surface area contributed by atoms with Crippen LogP contribution in [0.4, 0.5) is 4.39 Å². The summed E-state index contributed by atoms with van der Waals surface area (Å²) in [7, 11) is 1.45. The van der Waals surface area contributed by atoms with Gasteiger partial charge in [-0.1, -0.05) is 0 Å². The summed E-state index contributed by atoms with van der Waals surface area (Å²) in [5.74, 6) is -0.397. The number of nitrogens with two attached hydrogens (primary N) is 1. The lowest BCUT2D eigenvalue weighted by Gasteiger charge is -2.14. The van der Waals surface area contributed by atoms with E-state index in [-0.39, 0.29) is 23.6 Å². The molecule has 0 heterocycles. The number of nitrogens with one attached hydrogen (secondary N) is 1. The standard InChI is InChI=1S/C13H17FN2O2/c1-18-12-5-2-8(14)6-11(12)13(17)16-10-4-3-9(15)7-10/h2,5-6,9-10H,3-4,7,15H2,1H3,(H,16,17). The van der Waals surface area contributed by atoms with Gasteiger partial charge in [0.15, 0.2) is 0 Å². The van der Waals surface area contributed by atoms with Gasteiger partial charge >= 0.3 is 0 Å². The van der Waals surface area contributed by atoms with E-state index in [1.54, 1.807) is 0 Å². The van der Waals surface area contributed by atoms with Crippen LogP contribution < -0.4 is 15.8 Å². The number of carbonyl (C=O) groups excluding carboxylic acids is 1. The highest BCUT2D eigenvalue weighted by Gasteiger charge is 2.24. The molecule has 0 aromatic heterocycles. The molecular formula is C13H17FN2O2. The van der Waals surface area contributed by atoms with Crippen molar-refractivity contribution < 1.29 is 13.9 Å². The molecule has 1 amide bonds. The van der Waals surface area contributed by atoms with Gasteiger partial charge in [0.05, 0.1) is 12.7 Å². The molecule has 2 rings (SSSR count). The van der Waals surface area contributed by atoms with Crippen LogP contribution in [0.1, 0.15) is 29.6 Å². The monoisotopic (exact) mass is 252 g/mol. The molecule has 1 aliphatic carbocycles. The van der Waals surface area contributed by atoms with Gasteiger partial charge in [0.1, 0.15) is 11.6 Å². The van der Waals surface area contributed by atoms with E-state index in [9.17, 15) is 9.18 Å². The zero-order valence-corrected chi connectivity index (χ0v) is 10.3. The van der Waals surface area contributed by atoms with Crippen LogP contribution >= 0.6 is 0 Å². The number of methoxy groups -OCH3 is 1. The highest BCUT2D eigenvalue weighted by Crippen LogP contribution is 2.21. The van der Waals surface area contributed by atoms with Gasteiger partial charge in [-0.05, 0) is 37.5 Å². The normalized spacial score (nSPS) is 22.8. The number of carbonyl (C=O) groups is 1. The van der Waals surface area contributed by atoms with Crippen molar-refractivity contribution in [3.63, 3.8) is 0 Å². The Morgan fingerprint density at radius 1 is 1.50 bits per heavy atom. The molecule has 0 radical (unpaired) electrons. The van der Waals surface area contributed by atoms with Gasteiger partial charge in [0, 0.05) is 12.1 Å². The molecule has 98 valence electrons. The zero-order chi connectivity index (χ0) is 13.1. The second-order valence-electron chi connectivity index (χ2n) is 4.59. The molecule has 1 aromatic carbocycles. The topological polar surface area (TPSA) is 64.3 Å². The third-order valence-electron chi connectivity index (χ3n) is 3.21. The smallest absolute Gasteiger partial charge is 0.255 e. The van der Waals surface area contributed by atoms with Crippen molar-refractivity contribution >= 4 is 5.91 Å². The fraction of sp³-hybridized carbons (Fsp3) is 0.462. The zero-order valence-electron chi connectivity index (χ0n) is 10.3. The fourth-order valence-corrected chi connectivity index (χ4v) is 2.27. The van der Waals surface area contributed by atoms with Crippen LogP contribution in [0.3, 0.4) is 0 Å². The number of benzene rings is 1. The minimum absolute atomic E-state index is 0.0699. The number of hydrogen-bond donors (Lipinski definition) is 2. The predicted molar refractivity (Wildman–Crippen MR) is 66.0 cm³/mol. The van der Waals surface area contributed by atoms with Crippen LogP contribution in [-0.2, 0) is 0 Å². The third-order valence-corrected chi connectivity index (χ3v) is 3.21. The molecule has 1 aromatic rings. The summed E-state index contributed by atoms with van der Waals surface area (Å²) < 4.78 is 18.2. The largest absolute Gasteiger partial charge is 0.496 e. The van der Waals surface area contributed by atoms with Crippen LogP contribution in [-0.4, -0.2) is 25.1 Å². The van der Waals surface area contributed by atoms with Gasteiger partial charge in [-0.3, -0.25) is 4.79 Å². The molecule has 0 spiro atoms. The maximum Gasteiger partial charge on any atom is 0.255 e. The molecule has 18 heavy (non-hydrogen) atoms. The van der Waals surface area contributed by atoms with Gasteiger partial charge in [-0.25, -0.2) is 4.39 Å². The van der Waals surface area contributed by atoms with Gasteiger partial charge < -0.3 is 15.8 Å². The van der Waals surface area contributed by atoms with Gasteiger partial charge in [-0.15, -0.1) is 0 Å². The van der Waals surface area contributed by atoms with Crippen LogP contribution in [0.15, 0.2) is 18.2 Å². The first kappa shape index (κ1) is 12.8. The molecular weight excluding hydrogens is 235 g/mol. The van der Waals surface area contributed by atoms with Crippen molar-refractivity contribution in [3.05, 3.63) is 29.6 Å². The van der Waals surface area contributed by atoms with E-state index in [4.69, 9.17) is 10.5 Å². The van der Waals surface area contributed by atoms with Gasteiger partial charge in [0.25, 0.3) is 5.91 Å². The predicted octanol–water partition coefficient (Wildman–Crippen LogP) is 1.44. The highest BCUT2D eigenvalue weighted by molar-refractivity contribution is 5.97. The molecule has 0 aliphatic heterocycles. The lowest BCUT2D eigenvalue weighted by Crippen LogP contribution is -2.34. The summed E-state index contributed by atoms with van der Waals surface area (Å²) in [6.07, 6.45) is 2.54. The molecule has 1 fully saturated rings. The van der Waals surface area contributed by atoms with E-state index in [2.05, 4.69) is 5.32 Å². The molecule has 4 nitrogen and oxygen atoms in total. The summed E-state index contributed by atoms with van der Waals surface area (Å²) >= 11 is 0. The number of hydrogen-bond acceptors (Lipinski definition) is 3. The Hall–Kier alpha value is -1.62. The lowest BCUT2D eigenvalue weighted by atomic mass is 10.1. The van der Waals surface area contributed by atoms with Gasteiger partial charge in [0.2, 0.25) is 0 Å². The van der Waals surface area contributed by atoms with Crippen LogP contribution in [0.5, 0.6) is 5.75 Å². The average molecular weight is 252 g/mol. The second kappa shape index (κ2) is 5.35. The summed E-state index contributed by atoms with van der Waals surface area (Å²) in [5.41, 5.74) is 6.00. The van der Waals surface area contributed by atoms with Crippen molar-refractivity contribution in [2.45, 2.75) is 31.3 Å². The number of ether oxygens (including phenoxy) is 1. The summed E-state index contributed by atoms with van der Waals surface area (Å²) in [6, 6.07) is 4.11. The van der Waals surface area contributed by atoms with Crippen molar-refractivity contribution in [1.82, 2.24) is 5.32 Å². The van der Waals surface area contributed by atoms with Crippen molar-refractivity contribution in [1.29, 1.82) is 0 Å². The number of amides is 1. The molecule has 1 saturated carbocycles. The Labute approximate surface area is 105 Å². The highest BCUT2D eigenvalue weighted by atomic mass is 19.1. The molecule has 3 N–H and O–H groups in total. The van der Waals surface area contributed by atoms with Crippen molar-refractivity contribution in [3.8, 4) is 5.75 Å². The molecule has 2 unspecified atom stereocenters. The number of halogens is 1. The van der Waals surface area contributed by atoms with E-state index in [1.165, 1.54) is 25.3 Å². The summed E-state index contributed by atoms with van der Waals surface area (Å²) in [6.45, 7) is 0. The minimum atomic E-state index is -0.455. The molecule has 0 bridgehead atoms. The van der Waals surface area contributed by atoms with Crippen molar-refractivity contribution in [2.24, 2.45) is 5.73 Å². The third kappa shape index (κ3) is 2.79. The van der Waals surface area contributed by atoms with E-state index < -0.39 is 5.82 Å². The van der Waals surface area contributed by atoms with Crippen LogP contribution in [0.25, 0.3) is 0 Å². The van der Waals surface area contributed by atoms with E-state index in [0.29, 0.717) is 5.75 Å². The Kier molecular flexibility index (Phi) is 3.81. The van der Waals surface area contributed by atoms with E-state index in [0.717, 1.165) is 19.3 Å². The first-order chi connectivity index (χ1) is 8.60. The average Bonchev–Trinajstić information content (AvgIpc) is 2.74. The molecule has 5 heteroatoms. The fourth-order valence-electron chi connectivity index (χ4n) is 2.27. The van der Waals surface area contributed by atoms with Crippen molar-refractivity contribution in [2.75, 3.05) is 7.11 Å². The SMILES string of the molecule is COc1ccc(F)cc1C(=O)NC1CCC(N)C1. The van der Waals surface area contributed by atoms with E-state index in [1.807, 2.05) is 0 Å². The lowest BCUT2D eigenvalue weighted by molar-refractivity contribution is 0.0934. The molecule has 0 saturated heterocycles. The van der Waals surface area contributed by atoms with Crippen LogP contribution in [0, 0.1) is 5.82 Å². The second-order valence-corrected chi connectivity index (χ2v) is 4.59. The quantitative estimate of drug-likeness (QED) is 0.855. The summed E-state index contributed by atoms with van der Waals surface area (Å²) in [4.78, 5) is 12.0.